The number of methoxy groups -OCH3 is 1. The van der Waals surface area contributed by atoms with E-state index in [0.717, 1.165) is 12.8 Å². The molecule has 0 aliphatic carbocycles. The molecule has 1 aliphatic rings. The number of halogens is 1. The Labute approximate surface area is 202 Å². The number of hydrogen-bond acceptors (Lipinski definition) is 7. The van der Waals surface area contributed by atoms with E-state index in [1.807, 2.05) is 6.07 Å². The highest BCUT2D eigenvalue weighted by atomic mass is 35.5. The highest BCUT2D eigenvalue weighted by molar-refractivity contribution is 7.90. The van der Waals surface area contributed by atoms with Gasteiger partial charge < -0.3 is 9.47 Å². The average molecular weight is 509 g/mol. The maximum atomic E-state index is 13.3. The van der Waals surface area contributed by atoms with E-state index in [4.69, 9.17) is 21.1 Å². The van der Waals surface area contributed by atoms with Crippen molar-refractivity contribution < 1.29 is 22.7 Å². The molecule has 2 heterocycles. The van der Waals surface area contributed by atoms with Crippen LogP contribution in [0.5, 0.6) is 5.75 Å². The Morgan fingerprint density at radius 2 is 2.06 bits per heavy atom. The Morgan fingerprint density at radius 3 is 2.76 bits per heavy atom. The lowest BCUT2D eigenvalue weighted by molar-refractivity contribution is -0.118. The van der Waals surface area contributed by atoms with Crippen molar-refractivity contribution in [3.63, 3.8) is 0 Å². The summed E-state index contributed by atoms with van der Waals surface area (Å²) in [6.45, 7) is 0.967. The van der Waals surface area contributed by atoms with Crippen LogP contribution in [0, 0.1) is 0 Å². The summed E-state index contributed by atoms with van der Waals surface area (Å²) in [7, 11) is -1.90. The third kappa shape index (κ3) is 5.84. The first-order valence-electron chi connectivity index (χ1n) is 10.7. The number of nitrogens with zero attached hydrogens (tertiary/aromatic N) is 2. The van der Waals surface area contributed by atoms with Crippen LogP contribution in [0.1, 0.15) is 24.8 Å². The van der Waals surface area contributed by atoms with Crippen LogP contribution in [-0.4, -0.2) is 51.4 Å². The van der Waals surface area contributed by atoms with Crippen LogP contribution in [0.3, 0.4) is 0 Å². The van der Waals surface area contributed by atoms with E-state index in [2.05, 4.69) is 4.98 Å². The largest absolute Gasteiger partial charge is 0.494 e. The molecule has 7 nitrogen and oxygen atoms in total. The van der Waals surface area contributed by atoms with E-state index in [1.165, 1.54) is 16.2 Å². The SMILES string of the molecule is COc1ccc(Cl)c2sc(N(CC3CCCO3)C(=O)CCS(=O)(=O)Cc3ccccc3)nc12. The summed E-state index contributed by atoms with van der Waals surface area (Å²) in [5.74, 6) is -0.0819. The van der Waals surface area contributed by atoms with Crippen molar-refractivity contribution >= 4 is 54.0 Å². The van der Waals surface area contributed by atoms with Crippen LogP contribution in [0.2, 0.25) is 5.02 Å². The zero-order chi connectivity index (χ0) is 23.4. The smallest absolute Gasteiger partial charge is 0.229 e. The molecule has 0 saturated carbocycles. The molecular formula is C23H25ClN2O5S2. The molecule has 1 unspecified atom stereocenters. The molecule has 0 bridgehead atoms. The number of hydrogen-bond donors (Lipinski definition) is 0. The Balaban J connectivity index is 1.56. The molecule has 4 rings (SSSR count). The lowest BCUT2D eigenvalue weighted by Gasteiger charge is -2.23. The van der Waals surface area contributed by atoms with Gasteiger partial charge in [0.25, 0.3) is 0 Å². The van der Waals surface area contributed by atoms with Gasteiger partial charge in [0, 0.05) is 13.0 Å². The summed E-state index contributed by atoms with van der Waals surface area (Å²) in [6.07, 6.45) is 1.52. The number of thiazole rings is 1. The fourth-order valence-corrected chi connectivity index (χ4v) is 6.39. The van der Waals surface area contributed by atoms with Crippen molar-refractivity contribution in [1.29, 1.82) is 0 Å². The molecule has 0 spiro atoms. The third-order valence-electron chi connectivity index (χ3n) is 5.47. The topological polar surface area (TPSA) is 85.8 Å². The van der Waals surface area contributed by atoms with Crippen molar-refractivity contribution in [2.24, 2.45) is 0 Å². The summed E-state index contributed by atoms with van der Waals surface area (Å²) in [4.78, 5) is 19.4. The Kier molecular flexibility index (Phi) is 7.53. The predicted molar refractivity (Wildman–Crippen MR) is 131 cm³/mol. The van der Waals surface area contributed by atoms with Gasteiger partial charge in [-0.2, -0.15) is 0 Å². The maximum Gasteiger partial charge on any atom is 0.229 e. The van der Waals surface area contributed by atoms with E-state index >= 15 is 0 Å². The lowest BCUT2D eigenvalue weighted by atomic mass is 10.2. The van der Waals surface area contributed by atoms with Gasteiger partial charge in [-0.1, -0.05) is 53.3 Å². The number of fused-ring (bicyclic) bond motifs is 1. The van der Waals surface area contributed by atoms with E-state index in [1.54, 1.807) is 43.5 Å². The van der Waals surface area contributed by atoms with Gasteiger partial charge in [0.2, 0.25) is 5.91 Å². The van der Waals surface area contributed by atoms with Crippen LogP contribution in [-0.2, 0) is 25.1 Å². The molecular weight excluding hydrogens is 484 g/mol. The molecule has 1 atom stereocenters. The highest BCUT2D eigenvalue weighted by Gasteiger charge is 2.28. The second-order valence-corrected chi connectivity index (χ2v) is 11.5. The van der Waals surface area contributed by atoms with Crippen LogP contribution in [0.15, 0.2) is 42.5 Å². The Morgan fingerprint density at radius 1 is 1.27 bits per heavy atom. The molecule has 1 aromatic heterocycles. The summed E-state index contributed by atoms with van der Waals surface area (Å²) in [5.41, 5.74) is 1.28. The number of anilines is 1. The quantitative estimate of drug-likeness (QED) is 0.423. The number of ether oxygens (including phenoxy) is 2. The number of carbonyl (C=O) groups is 1. The fourth-order valence-electron chi connectivity index (χ4n) is 3.78. The van der Waals surface area contributed by atoms with E-state index in [-0.39, 0.29) is 29.9 Å². The van der Waals surface area contributed by atoms with Crippen molar-refractivity contribution in [3.05, 3.63) is 53.1 Å². The van der Waals surface area contributed by atoms with Gasteiger partial charge in [0.1, 0.15) is 11.3 Å². The molecule has 2 aromatic carbocycles. The summed E-state index contributed by atoms with van der Waals surface area (Å²) < 4.78 is 37.1. The molecule has 33 heavy (non-hydrogen) atoms. The summed E-state index contributed by atoms with van der Waals surface area (Å²) >= 11 is 7.65. The third-order valence-corrected chi connectivity index (χ3v) is 8.60. The molecule has 176 valence electrons. The van der Waals surface area contributed by atoms with Gasteiger partial charge >= 0.3 is 0 Å². The molecule has 3 aromatic rings. The molecule has 1 amide bonds. The number of amides is 1. The van der Waals surface area contributed by atoms with Gasteiger partial charge in [0.05, 0.1) is 41.0 Å². The fraction of sp³-hybridized carbons (Fsp3) is 0.391. The molecule has 0 N–H and O–H groups in total. The van der Waals surface area contributed by atoms with Crippen molar-refractivity contribution in [3.8, 4) is 5.75 Å². The highest BCUT2D eigenvalue weighted by Crippen LogP contribution is 2.39. The number of rotatable bonds is 9. The standard InChI is InChI=1S/C23H25ClN2O5S2/c1-30-19-10-9-18(24)22-21(19)25-23(32-22)26(14-17-8-5-12-31-17)20(27)11-13-33(28,29)15-16-6-3-2-4-7-16/h2-4,6-7,9-10,17H,5,8,11-15H2,1H3. The van der Waals surface area contributed by atoms with Gasteiger partial charge in [0.15, 0.2) is 15.0 Å². The normalized spacial score (nSPS) is 16.2. The minimum atomic E-state index is -3.45. The molecule has 1 aliphatic heterocycles. The maximum absolute atomic E-state index is 13.3. The molecule has 10 heteroatoms. The van der Waals surface area contributed by atoms with E-state index < -0.39 is 9.84 Å². The number of sulfone groups is 1. The molecule has 1 fully saturated rings. The first-order valence-corrected chi connectivity index (χ1v) is 13.7. The average Bonchev–Trinajstić information content (AvgIpc) is 3.47. The van der Waals surface area contributed by atoms with Gasteiger partial charge in [-0.3, -0.25) is 9.69 Å². The Bertz CT molecular complexity index is 1220. The van der Waals surface area contributed by atoms with Crippen LogP contribution >= 0.6 is 22.9 Å². The first kappa shape index (κ1) is 23.9. The zero-order valence-electron chi connectivity index (χ0n) is 18.2. The van der Waals surface area contributed by atoms with E-state index in [9.17, 15) is 13.2 Å². The monoisotopic (exact) mass is 508 g/mol. The van der Waals surface area contributed by atoms with Crippen LogP contribution < -0.4 is 9.64 Å². The molecule has 0 radical (unpaired) electrons. The molecule has 1 saturated heterocycles. The van der Waals surface area contributed by atoms with Crippen LogP contribution in [0.25, 0.3) is 10.2 Å². The van der Waals surface area contributed by atoms with E-state index in [0.29, 0.717) is 44.8 Å². The lowest BCUT2D eigenvalue weighted by Crippen LogP contribution is -2.38. The van der Waals surface area contributed by atoms with Crippen molar-refractivity contribution in [2.45, 2.75) is 31.1 Å². The van der Waals surface area contributed by atoms with Crippen LogP contribution in [0.4, 0.5) is 5.13 Å². The second-order valence-electron chi connectivity index (χ2n) is 7.89. The summed E-state index contributed by atoms with van der Waals surface area (Å²) in [6, 6.07) is 12.4. The number of carbonyl (C=O) groups excluding carboxylic acids is 1. The van der Waals surface area contributed by atoms with Crippen molar-refractivity contribution in [1.82, 2.24) is 4.98 Å². The predicted octanol–water partition coefficient (Wildman–Crippen LogP) is 4.48. The minimum Gasteiger partial charge on any atom is -0.494 e. The minimum absolute atomic E-state index is 0.0964. The van der Waals surface area contributed by atoms with Crippen molar-refractivity contribution in [2.75, 3.05) is 30.9 Å². The zero-order valence-corrected chi connectivity index (χ0v) is 20.6. The van der Waals surface area contributed by atoms with Gasteiger partial charge in [-0.15, -0.1) is 0 Å². The number of aromatic nitrogens is 1. The first-order chi connectivity index (χ1) is 15.9. The summed E-state index contributed by atoms with van der Waals surface area (Å²) in [5, 5.41) is 0.974. The van der Waals surface area contributed by atoms with Gasteiger partial charge in [-0.25, -0.2) is 13.4 Å². The second kappa shape index (κ2) is 10.4. The number of benzene rings is 2. The van der Waals surface area contributed by atoms with Gasteiger partial charge in [-0.05, 0) is 30.5 Å². The Hall–Kier alpha value is -2.20.